The number of rotatable bonds is 3. The van der Waals surface area contributed by atoms with Gasteiger partial charge in [0, 0.05) is 19.6 Å². The minimum Gasteiger partial charge on any atom is -0.392 e. The Morgan fingerprint density at radius 2 is 2.31 bits per heavy atom. The van der Waals surface area contributed by atoms with Crippen LogP contribution in [0, 0.1) is 11.3 Å². The van der Waals surface area contributed by atoms with Crippen molar-refractivity contribution in [3.63, 3.8) is 0 Å². The van der Waals surface area contributed by atoms with Gasteiger partial charge in [-0.05, 0) is 24.8 Å². The van der Waals surface area contributed by atoms with Gasteiger partial charge < -0.3 is 10.8 Å². The summed E-state index contributed by atoms with van der Waals surface area (Å²) in [6, 6.07) is 0. The van der Waals surface area contributed by atoms with Gasteiger partial charge >= 0.3 is 0 Å². The Morgan fingerprint density at radius 3 is 2.69 bits per heavy atom. The van der Waals surface area contributed by atoms with E-state index in [4.69, 9.17) is 5.73 Å². The van der Waals surface area contributed by atoms with Crippen LogP contribution in [-0.4, -0.2) is 42.3 Å². The predicted molar refractivity (Wildman–Crippen MR) is 54.4 cm³/mol. The zero-order chi connectivity index (χ0) is 10.1. The van der Waals surface area contributed by atoms with Crippen molar-refractivity contribution in [2.75, 3.05) is 26.2 Å². The van der Waals surface area contributed by atoms with Crippen LogP contribution < -0.4 is 5.73 Å². The Balaban J connectivity index is 2.50. The van der Waals surface area contributed by atoms with Gasteiger partial charge in [0.2, 0.25) is 0 Å². The number of nitrogens with two attached hydrogens (primary N) is 1. The highest BCUT2D eigenvalue weighted by Crippen LogP contribution is 2.34. The normalized spacial score (nSPS) is 38.1. The summed E-state index contributed by atoms with van der Waals surface area (Å²) < 4.78 is 0. The van der Waals surface area contributed by atoms with Crippen LogP contribution in [-0.2, 0) is 0 Å². The first-order valence-electron chi connectivity index (χ1n) is 5.08. The van der Waals surface area contributed by atoms with Crippen LogP contribution >= 0.6 is 0 Å². The lowest BCUT2D eigenvalue weighted by molar-refractivity contribution is 0.134. The average molecular weight is 186 g/mol. The molecule has 1 saturated heterocycles. The van der Waals surface area contributed by atoms with Gasteiger partial charge in [0.1, 0.15) is 0 Å². The minimum absolute atomic E-state index is 0.229. The molecule has 0 aliphatic carbocycles. The molecule has 0 amide bonds. The minimum atomic E-state index is -0.229. The number of hydrogen-bond acceptors (Lipinski definition) is 3. The second-order valence-electron chi connectivity index (χ2n) is 4.80. The summed E-state index contributed by atoms with van der Waals surface area (Å²) in [7, 11) is 0. The van der Waals surface area contributed by atoms with Gasteiger partial charge in [-0.25, -0.2) is 0 Å². The van der Waals surface area contributed by atoms with E-state index in [2.05, 4.69) is 18.7 Å². The smallest absolute Gasteiger partial charge is 0.0639 e. The fraction of sp³-hybridized carbons (Fsp3) is 1.00. The molecule has 1 aliphatic rings. The number of hydrogen-bond donors (Lipinski definition) is 2. The summed E-state index contributed by atoms with van der Waals surface area (Å²) in [5.41, 5.74) is 6.01. The van der Waals surface area contributed by atoms with E-state index in [-0.39, 0.29) is 11.5 Å². The highest BCUT2D eigenvalue weighted by Gasteiger charge is 2.39. The fourth-order valence-corrected chi connectivity index (χ4v) is 2.12. The van der Waals surface area contributed by atoms with Gasteiger partial charge in [-0.2, -0.15) is 0 Å². The Morgan fingerprint density at radius 1 is 1.69 bits per heavy atom. The molecule has 1 heterocycles. The lowest BCUT2D eigenvalue weighted by Crippen LogP contribution is -2.35. The zero-order valence-corrected chi connectivity index (χ0v) is 8.95. The van der Waals surface area contributed by atoms with Crippen molar-refractivity contribution in [3.8, 4) is 0 Å². The molecule has 1 rings (SSSR count). The third-order valence-electron chi connectivity index (χ3n) is 3.30. The highest BCUT2D eigenvalue weighted by atomic mass is 16.3. The molecule has 1 aliphatic heterocycles. The first-order chi connectivity index (χ1) is 5.98. The molecular weight excluding hydrogens is 164 g/mol. The number of aliphatic hydroxyl groups is 1. The van der Waals surface area contributed by atoms with Gasteiger partial charge in [-0.1, -0.05) is 13.8 Å². The molecule has 78 valence electrons. The molecule has 2 unspecified atom stereocenters. The summed E-state index contributed by atoms with van der Waals surface area (Å²) in [5, 5.41) is 9.27. The van der Waals surface area contributed by atoms with E-state index in [0.717, 1.165) is 26.2 Å². The number of aliphatic hydroxyl groups excluding tert-OH is 1. The van der Waals surface area contributed by atoms with E-state index in [1.54, 1.807) is 0 Å². The van der Waals surface area contributed by atoms with Gasteiger partial charge in [-0.15, -0.1) is 0 Å². The summed E-state index contributed by atoms with van der Waals surface area (Å²) in [6.07, 6.45) is -0.229. The van der Waals surface area contributed by atoms with Gasteiger partial charge in [0.25, 0.3) is 0 Å². The van der Waals surface area contributed by atoms with Crippen LogP contribution in [0.1, 0.15) is 20.8 Å². The molecule has 3 nitrogen and oxygen atoms in total. The largest absolute Gasteiger partial charge is 0.392 e. The fourth-order valence-electron chi connectivity index (χ4n) is 2.12. The molecule has 13 heavy (non-hydrogen) atoms. The lowest BCUT2D eigenvalue weighted by Gasteiger charge is -2.26. The molecule has 1 fully saturated rings. The summed E-state index contributed by atoms with van der Waals surface area (Å²) >= 11 is 0. The molecule has 0 radical (unpaired) electrons. The van der Waals surface area contributed by atoms with Crippen molar-refractivity contribution in [2.45, 2.75) is 26.9 Å². The first-order valence-corrected chi connectivity index (χ1v) is 5.08. The molecule has 0 aromatic rings. The number of nitrogens with zero attached hydrogens (tertiary/aromatic N) is 1. The van der Waals surface area contributed by atoms with Crippen LogP contribution in [0.2, 0.25) is 0 Å². The monoisotopic (exact) mass is 186 g/mol. The second-order valence-corrected chi connectivity index (χ2v) is 4.80. The number of likely N-dealkylation sites (tertiary alicyclic amines) is 1. The molecule has 0 bridgehead atoms. The third-order valence-corrected chi connectivity index (χ3v) is 3.30. The van der Waals surface area contributed by atoms with Gasteiger partial charge in [-0.3, -0.25) is 4.90 Å². The van der Waals surface area contributed by atoms with Crippen LogP contribution in [0.15, 0.2) is 0 Å². The summed E-state index contributed by atoms with van der Waals surface area (Å²) in [5.74, 6) is 0.635. The van der Waals surface area contributed by atoms with E-state index >= 15 is 0 Å². The molecule has 0 aromatic carbocycles. The molecule has 0 aromatic heterocycles. The SMILES string of the molecule is CC1CN(C[C@@H](C)O)CC1(C)CN. The lowest BCUT2D eigenvalue weighted by atomic mass is 9.81. The Kier molecular flexibility index (Phi) is 3.33. The van der Waals surface area contributed by atoms with Crippen LogP contribution in [0.3, 0.4) is 0 Å². The van der Waals surface area contributed by atoms with E-state index in [1.165, 1.54) is 0 Å². The highest BCUT2D eigenvalue weighted by molar-refractivity contribution is 4.92. The molecular formula is C10H22N2O. The topological polar surface area (TPSA) is 49.5 Å². The second kappa shape index (κ2) is 3.95. The van der Waals surface area contributed by atoms with Crippen LogP contribution in [0.25, 0.3) is 0 Å². The number of β-amino-alcohol motifs (C(OH)–C–C–N with tert-alkyl or cyclic N) is 1. The van der Waals surface area contributed by atoms with Crippen LogP contribution in [0.4, 0.5) is 0 Å². The molecule has 3 atom stereocenters. The quantitative estimate of drug-likeness (QED) is 0.666. The Labute approximate surface area is 80.9 Å². The van der Waals surface area contributed by atoms with Crippen molar-refractivity contribution >= 4 is 0 Å². The van der Waals surface area contributed by atoms with Crippen molar-refractivity contribution < 1.29 is 5.11 Å². The summed E-state index contributed by atoms with van der Waals surface area (Å²) in [4.78, 5) is 2.31. The maximum atomic E-state index is 9.27. The molecule has 3 heteroatoms. The molecule has 0 saturated carbocycles. The van der Waals surface area contributed by atoms with Gasteiger partial charge in [0.15, 0.2) is 0 Å². The molecule has 0 spiro atoms. The van der Waals surface area contributed by atoms with Gasteiger partial charge in [0.05, 0.1) is 6.10 Å². The summed E-state index contributed by atoms with van der Waals surface area (Å²) in [6.45, 7) is 9.93. The Hall–Kier alpha value is -0.120. The molecule has 3 N–H and O–H groups in total. The van der Waals surface area contributed by atoms with E-state index < -0.39 is 0 Å². The van der Waals surface area contributed by atoms with Crippen molar-refractivity contribution in [3.05, 3.63) is 0 Å². The van der Waals surface area contributed by atoms with Crippen molar-refractivity contribution in [2.24, 2.45) is 17.1 Å². The maximum absolute atomic E-state index is 9.27. The van der Waals surface area contributed by atoms with E-state index in [1.807, 2.05) is 6.92 Å². The third kappa shape index (κ3) is 2.42. The van der Waals surface area contributed by atoms with Crippen molar-refractivity contribution in [1.82, 2.24) is 4.90 Å². The van der Waals surface area contributed by atoms with Crippen LogP contribution in [0.5, 0.6) is 0 Å². The standard InChI is InChI=1S/C10H22N2O/c1-8-4-12(5-9(2)13)7-10(8,3)6-11/h8-9,13H,4-7,11H2,1-3H3/t8?,9-,10?/m1/s1. The predicted octanol–water partition coefficient (Wildman–Crippen LogP) is 0.284. The maximum Gasteiger partial charge on any atom is 0.0639 e. The zero-order valence-electron chi connectivity index (χ0n) is 8.95. The van der Waals surface area contributed by atoms with Crippen molar-refractivity contribution in [1.29, 1.82) is 0 Å². The average Bonchev–Trinajstić information content (AvgIpc) is 2.27. The first kappa shape index (κ1) is 11.0. The van der Waals surface area contributed by atoms with E-state index in [9.17, 15) is 5.11 Å². The Bertz CT molecular complexity index is 172. The van der Waals surface area contributed by atoms with E-state index in [0.29, 0.717) is 5.92 Å².